The third kappa shape index (κ3) is 4.67. The van der Waals surface area contributed by atoms with E-state index in [2.05, 4.69) is 11.5 Å². The molecule has 0 aliphatic carbocycles. The van der Waals surface area contributed by atoms with Crippen LogP contribution in [0.15, 0.2) is 69.9 Å². The van der Waals surface area contributed by atoms with Crippen LogP contribution in [0.2, 0.25) is 0 Å². The van der Waals surface area contributed by atoms with Crippen LogP contribution in [0.5, 0.6) is 0 Å². The fraction of sp³-hybridized carbons (Fsp3) is 0.348. The van der Waals surface area contributed by atoms with Crippen LogP contribution in [0.1, 0.15) is 20.8 Å². The fourth-order valence-electron chi connectivity index (χ4n) is 3.86. The van der Waals surface area contributed by atoms with Gasteiger partial charge in [0.15, 0.2) is 4.80 Å². The van der Waals surface area contributed by atoms with Crippen molar-refractivity contribution in [3.8, 4) is 11.3 Å². The molecule has 0 saturated carbocycles. The smallest absolute Gasteiger partial charge is 0.243 e. The molecular formula is C23H27N3O3S2. The van der Waals surface area contributed by atoms with Gasteiger partial charge in [0.1, 0.15) is 0 Å². The Balaban J connectivity index is 1.72. The normalized spacial score (nSPS) is 20.8. The van der Waals surface area contributed by atoms with Gasteiger partial charge in [-0.1, -0.05) is 30.3 Å². The van der Waals surface area contributed by atoms with E-state index in [-0.39, 0.29) is 12.2 Å². The van der Waals surface area contributed by atoms with Crippen molar-refractivity contribution in [3.05, 3.63) is 64.8 Å². The first-order valence-corrected chi connectivity index (χ1v) is 12.7. The lowest BCUT2D eigenvalue weighted by atomic mass is 10.2. The van der Waals surface area contributed by atoms with Gasteiger partial charge in [-0.3, -0.25) is 0 Å². The summed E-state index contributed by atoms with van der Waals surface area (Å²) < 4.78 is 36.0. The first-order chi connectivity index (χ1) is 14.9. The van der Waals surface area contributed by atoms with Crippen LogP contribution < -0.4 is 4.80 Å². The lowest BCUT2D eigenvalue weighted by Gasteiger charge is -2.34. The number of aromatic nitrogens is 1. The van der Waals surface area contributed by atoms with Gasteiger partial charge in [-0.25, -0.2) is 13.4 Å². The van der Waals surface area contributed by atoms with E-state index in [1.807, 2.05) is 55.6 Å². The molecule has 2 atom stereocenters. The maximum Gasteiger partial charge on any atom is 0.243 e. The SMILES string of the molecule is CCn1c(-c2cccc(S(=O)(=O)N3C[C@@H](C)O[C@@H](C)C3)c2)csc1=Nc1ccccc1. The Morgan fingerprint density at radius 2 is 1.77 bits per heavy atom. The summed E-state index contributed by atoms with van der Waals surface area (Å²) in [5, 5.41) is 2.04. The molecule has 1 aromatic heterocycles. The van der Waals surface area contributed by atoms with Crippen molar-refractivity contribution >= 4 is 27.0 Å². The molecule has 2 aromatic carbocycles. The number of ether oxygens (including phenoxy) is 1. The molecule has 1 fully saturated rings. The molecule has 1 aliphatic heterocycles. The van der Waals surface area contributed by atoms with E-state index < -0.39 is 10.0 Å². The lowest BCUT2D eigenvalue weighted by molar-refractivity contribution is -0.0440. The molecule has 164 valence electrons. The molecule has 0 spiro atoms. The third-order valence-electron chi connectivity index (χ3n) is 5.25. The molecule has 1 aliphatic rings. The third-order valence-corrected chi connectivity index (χ3v) is 7.94. The van der Waals surface area contributed by atoms with Crippen LogP contribution in [0, 0.1) is 0 Å². The molecule has 0 N–H and O–H groups in total. The summed E-state index contributed by atoms with van der Waals surface area (Å²) in [6.07, 6.45) is -0.244. The van der Waals surface area contributed by atoms with Crippen molar-refractivity contribution in [3.63, 3.8) is 0 Å². The van der Waals surface area contributed by atoms with Gasteiger partial charge in [-0.05, 0) is 45.0 Å². The predicted molar refractivity (Wildman–Crippen MR) is 124 cm³/mol. The van der Waals surface area contributed by atoms with Gasteiger partial charge in [0.25, 0.3) is 0 Å². The number of morpholine rings is 1. The second kappa shape index (κ2) is 9.08. The minimum atomic E-state index is -3.60. The minimum absolute atomic E-state index is 0.122. The molecule has 6 nitrogen and oxygen atoms in total. The standard InChI is InChI=1S/C23H27N3O3S2/c1-4-26-22(16-30-23(26)24-20-10-6-5-7-11-20)19-9-8-12-21(13-19)31(27,28)25-14-17(2)29-18(3)15-25/h5-13,16-18H,4,14-15H2,1-3H3/t17-,18+. The van der Waals surface area contributed by atoms with Crippen LogP contribution in [-0.4, -0.2) is 42.6 Å². The summed E-state index contributed by atoms with van der Waals surface area (Å²) in [4.78, 5) is 5.95. The van der Waals surface area contributed by atoms with E-state index in [0.29, 0.717) is 18.0 Å². The molecule has 4 rings (SSSR count). The average molecular weight is 458 g/mol. The van der Waals surface area contributed by atoms with Crippen molar-refractivity contribution in [1.29, 1.82) is 0 Å². The van der Waals surface area contributed by atoms with Gasteiger partial charge < -0.3 is 9.30 Å². The Hall–Kier alpha value is -2.26. The predicted octanol–water partition coefficient (Wildman–Crippen LogP) is 4.27. The van der Waals surface area contributed by atoms with E-state index >= 15 is 0 Å². The molecule has 1 saturated heterocycles. The zero-order valence-electron chi connectivity index (χ0n) is 17.9. The highest BCUT2D eigenvalue weighted by molar-refractivity contribution is 7.89. The monoisotopic (exact) mass is 457 g/mol. The number of nitrogens with zero attached hydrogens (tertiary/aromatic N) is 3. The van der Waals surface area contributed by atoms with Crippen molar-refractivity contribution in [2.45, 2.75) is 44.4 Å². The highest BCUT2D eigenvalue weighted by atomic mass is 32.2. The second-order valence-electron chi connectivity index (χ2n) is 7.70. The van der Waals surface area contributed by atoms with Crippen LogP contribution in [0.25, 0.3) is 11.3 Å². The molecule has 31 heavy (non-hydrogen) atoms. The van der Waals surface area contributed by atoms with E-state index in [1.54, 1.807) is 29.5 Å². The zero-order chi connectivity index (χ0) is 22.0. The van der Waals surface area contributed by atoms with Crippen LogP contribution >= 0.6 is 11.3 Å². The summed E-state index contributed by atoms with van der Waals surface area (Å²) in [6.45, 7) is 7.34. The fourth-order valence-corrected chi connectivity index (χ4v) is 6.49. The van der Waals surface area contributed by atoms with Crippen LogP contribution in [-0.2, 0) is 21.3 Å². The van der Waals surface area contributed by atoms with Gasteiger partial charge in [0, 0.05) is 30.6 Å². The van der Waals surface area contributed by atoms with Gasteiger partial charge in [0.05, 0.1) is 28.5 Å². The van der Waals surface area contributed by atoms with E-state index in [0.717, 1.165) is 28.3 Å². The van der Waals surface area contributed by atoms with Crippen LogP contribution in [0.4, 0.5) is 5.69 Å². The molecule has 0 radical (unpaired) electrons. The lowest BCUT2D eigenvalue weighted by Crippen LogP contribution is -2.48. The van der Waals surface area contributed by atoms with Crippen molar-refractivity contribution in [2.24, 2.45) is 4.99 Å². The number of hydrogen-bond acceptors (Lipinski definition) is 5. The molecule has 3 aromatic rings. The maximum atomic E-state index is 13.3. The van der Waals surface area contributed by atoms with Gasteiger partial charge >= 0.3 is 0 Å². The quantitative estimate of drug-likeness (QED) is 0.575. The van der Waals surface area contributed by atoms with Gasteiger partial charge in [-0.15, -0.1) is 11.3 Å². The Labute approximate surface area is 187 Å². The number of thiazole rings is 1. The van der Waals surface area contributed by atoms with E-state index in [4.69, 9.17) is 9.73 Å². The number of hydrogen-bond donors (Lipinski definition) is 0. The van der Waals surface area contributed by atoms with Crippen molar-refractivity contribution in [1.82, 2.24) is 8.87 Å². The highest BCUT2D eigenvalue weighted by Crippen LogP contribution is 2.27. The summed E-state index contributed by atoms with van der Waals surface area (Å²) >= 11 is 1.55. The van der Waals surface area contributed by atoms with Crippen molar-refractivity contribution in [2.75, 3.05) is 13.1 Å². The Morgan fingerprint density at radius 1 is 1.06 bits per heavy atom. The molecular weight excluding hydrogens is 430 g/mol. The number of para-hydroxylation sites is 1. The van der Waals surface area contributed by atoms with Gasteiger partial charge in [0.2, 0.25) is 10.0 Å². The zero-order valence-corrected chi connectivity index (χ0v) is 19.6. The largest absolute Gasteiger partial charge is 0.373 e. The molecule has 0 unspecified atom stereocenters. The minimum Gasteiger partial charge on any atom is -0.373 e. The number of benzene rings is 2. The highest BCUT2D eigenvalue weighted by Gasteiger charge is 2.32. The first-order valence-electron chi connectivity index (χ1n) is 10.4. The molecule has 2 heterocycles. The molecule has 0 bridgehead atoms. The maximum absolute atomic E-state index is 13.3. The summed E-state index contributed by atoms with van der Waals surface area (Å²) in [6, 6.07) is 17.0. The number of rotatable bonds is 5. The Bertz CT molecular complexity index is 1210. The summed E-state index contributed by atoms with van der Waals surface area (Å²) in [7, 11) is -3.60. The molecule has 8 heteroatoms. The summed E-state index contributed by atoms with van der Waals surface area (Å²) in [5.74, 6) is 0. The topological polar surface area (TPSA) is 63.9 Å². The summed E-state index contributed by atoms with van der Waals surface area (Å²) in [5.41, 5.74) is 2.72. The van der Waals surface area contributed by atoms with Crippen LogP contribution in [0.3, 0.4) is 0 Å². The average Bonchev–Trinajstić information content (AvgIpc) is 3.16. The Kier molecular flexibility index (Phi) is 6.43. The first kappa shape index (κ1) is 22.0. The number of sulfonamides is 1. The molecule has 0 amide bonds. The Morgan fingerprint density at radius 3 is 2.45 bits per heavy atom. The van der Waals surface area contributed by atoms with Crippen molar-refractivity contribution < 1.29 is 13.2 Å². The van der Waals surface area contributed by atoms with E-state index in [1.165, 1.54) is 4.31 Å². The van der Waals surface area contributed by atoms with E-state index in [9.17, 15) is 8.42 Å². The van der Waals surface area contributed by atoms with Gasteiger partial charge in [-0.2, -0.15) is 4.31 Å². The second-order valence-corrected chi connectivity index (χ2v) is 10.5.